The summed E-state index contributed by atoms with van der Waals surface area (Å²) in [7, 11) is -1.98. The highest BCUT2D eigenvalue weighted by Crippen LogP contribution is 2.30. The number of aliphatic hydroxyl groups excluding tert-OH is 1. The van der Waals surface area contributed by atoms with Gasteiger partial charge in [-0.1, -0.05) is 48.5 Å². The summed E-state index contributed by atoms with van der Waals surface area (Å²) in [5.41, 5.74) is 4.04. The Kier molecular flexibility index (Phi) is 7.83. The van der Waals surface area contributed by atoms with E-state index in [1.807, 2.05) is 72.1 Å². The normalized spacial score (nSPS) is 12.9. The highest BCUT2D eigenvalue weighted by Gasteiger charge is 2.23. The summed E-state index contributed by atoms with van der Waals surface area (Å²) >= 11 is 1.50. The summed E-state index contributed by atoms with van der Waals surface area (Å²) in [6.07, 6.45) is 0.302. The second kappa shape index (κ2) is 11.3. The number of thiophene rings is 1. The first-order valence-corrected chi connectivity index (χ1v) is 14.9. The molecule has 0 aliphatic rings. The van der Waals surface area contributed by atoms with Crippen LogP contribution in [0, 0.1) is 0 Å². The van der Waals surface area contributed by atoms with E-state index in [1.165, 1.54) is 21.9 Å². The number of para-hydroxylation sites is 2. The Labute approximate surface area is 226 Å². The molecule has 0 spiro atoms. The summed E-state index contributed by atoms with van der Waals surface area (Å²) < 4.78 is 39.2. The maximum atomic E-state index is 12.7. The number of benzene rings is 3. The van der Waals surface area contributed by atoms with Crippen molar-refractivity contribution < 1.29 is 23.0 Å². The van der Waals surface area contributed by atoms with Crippen LogP contribution in [0.2, 0.25) is 0 Å². The molecular formula is C29H30N2O5S2. The van der Waals surface area contributed by atoms with Crippen LogP contribution in [0.5, 0.6) is 5.75 Å². The maximum absolute atomic E-state index is 12.7. The second-order valence-electron chi connectivity index (χ2n) is 9.23. The molecule has 5 aromatic rings. The fourth-order valence-electron chi connectivity index (χ4n) is 4.68. The largest absolute Gasteiger partial charge is 0.468 e. The molecule has 0 saturated heterocycles. The van der Waals surface area contributed by atoms with E-state index in [1.54, 1.807) is 7.11 Å². The summed E-state index contributed by atoms with van der Waals surface area (Å²) in [5.74, 6) is 0.714. The Morgan fingerprint density at radius 3 is 2.18 bits per heavy atom. The Morgan fingerprint density at radius 1 is 0.947 bits per heavy atom. The molecule has 1 atom stereocenters. The van der Waals surface area contributed by atoms with Gasteiger partial charge in [0.1, 0.15) is 5.75 Å². The summed E-state index contributed by atoms with van der Waals surface area (Å²) in [6, 6.07) is 25.8. The van der Waals surface area contributed by atoms with E-state index in [2.05, 4.69) is 16.7 Å². The smallest absolute Gasteiger partial charge is 0.211 e. The number of aliphatic hydroxyl groups is 1. The molecule has 38 heavy (non-hydrogen) atoms. The van der Waals surface area contributed by atoms with Gasteiger partial charge in [-0.25, -0.2) is 8.42 Å². The third kappa shape index (κ3) is 5.77. The molecule has 0 aliphatic carbocycles. The van der Waals surface area contributed by atoms with Crippen molar-refractivity contribution in [2.45, 2.75) is 19.2 Å². The van der Waals surface area contributed by atoms with E-state index in [0.717, 1.165) is 37.8 Å². The van der Waals surface area contributed by atoms with E-state index >= 15 is 0 Å². The van der Waals surface area contributed by atoms with Gasteiger partial charge in [0.25, 0.3) is 0 Å². The third-order valence-corrected chi connectivity index (χ3v) is 8.61. The monoisotopic (exact) mass is 550 g/mol. The Hall–Kier alpha value is -3.21. The zero-order valence-electron chi connectivity index (χ0n) is 21.3. The van der Waals surface area contributed by atoms with E-state index in [0.29, 0.717) is 5.75 Å². The molecule has 5 rings (SSSR count). The van der Waals surface area contributed by atoms with Gasteiger partial charge >= 0.3 is 0 Å². The van der Waals surface area contributed by atoms with Crippen LogP contribution in [0.3, 0.4) is 0 Å². The number of sulfonamides is 1. The lowest BCUT2D eigenvalue weighted by atomic mass is 10.1. The van der Waals surface area contributed by atoms with Crippen LogP contribution in [0.4, 0.5) is 0 Å². The molecule has 9 heteroatoms. The van der Waals surface area contributed by atoms with Gasteiger partial charge in [-0.3, -0.25) is 0 Å². The standard InChI is InChI=1S/C29H30N2O5S2/c1-35-20-36-24-13-11-21(12-14-24)22-15-25(37-19-22)18-30(38(2,33)34)16-23(32)17-31-28-9-5-3-7-26(28)27-8-4-6-10-29(27)31/h3-15,19,23,32H,16-18,20H2,1-2H3. The lowest BCUT2D eigenvalue weighted by molar-refractivity contribution is 0.0511. The number of rotatable bonds is 11. The number of hydrogen-bond donors (Lipinski definition) is 1. The Morgan fingerprint density at radius 2 is 1.58 bits per heavy atom. The van der Waals surface area contributed by atoms with Crippen LogP contribution in [-0.4, -0.2) is 55.2 Å². The topological polar surface area (TPSA) is 81.0 Å². The second-order valence-corrected chi connectivity index (χ2v) is 12.2. The molecule has 3 aromatic carbocycles. The molecule has 0 amide bonds. The van der Waals surface area contributed by atoms with Crippen molar-refractivity contribution in [3.63, 3.8) is 0 Å². The van der Waals surface area contributed by atoms with Crippen LogP contribution in [0.1, 0.15) is 4.88 Å². The minimum absolute atomic E-state index is 0.00155. The van der Waals surface area contributed by atoms with Crippen molar-refractivity contribution in [2.75, 3.05) is 26.7 Å². The van der Waals surface area contributed by atoms with Gasteiger partial charge in [-0.15, -0.1) is 11.3 Å². The molecule has 1 unspecified atom stereocenters. The van der Waals surface area contributed by atoms with Gasteiger partial charge in [0.05, 0.1) is 18.9 Å². The van der Waals surface area contributed by atoms with Gasteiger partial charge in [0.2, 0.25) is 10.0 Å². The number of aromatic nitrogens is 1. The number of hydrogen-bond acceptors (Lipinski definition) is 6. The average Bonchev–Trinajstić information content (AvgIpc) is 3.50. The fourth-order valence-corrected chi connectivity index (χ4v) is 6.49. The molecule has 0 bridgehead atoms. The predicted octanol–water partition coefficient (Wildman–Crippen LogP) is 5.33. The van der Waals surface area contributed by atoms with Gasteiger partial charge in [-0.05, 0) is 46.8 Å². The van der Waals surface area contributed by atoms with Crippen molar-refractivity contribution in [1.82, 2.24) is 8.87 Å². The number of ether oxygens (including phenoxy) is 2. The van der Waals surface area contributed by atoms with Crippen molar-refractivity contribution in [3.8, 4) is 16.9 Å². The minimum Gasteiger partial charge on any atom is -0.468 e. The Balaban J connectivity index is 1.32. The molecular weight excluding hydrogens is 520 g/mol. The first-order chi connectivity index (χ1) is 18.3. The molecule has 1 N–H and O–H groups in total. The summed E-state index contributed by atoms with van der Waals surface area (Å²) in [4.78, 5) is 0.897. The molecule has 7 nitrogen and oxygen atoms in total. The van der Waals surface area contributed by atoms with E-state index in [-0.39, 0.29) is 26.4 Å². The van der Waals surface area contributed by atoms with E-state index in [4.69, 9.17) is 9.47 Å². The van der Waals surface area contributed by atoms with Crippen molar-refractivity contribution in [3.05, 3.63) is 89.1 Å². The fraction of sp³-hybridized carbons (Fsp3) is 0.241. The zero-order chi connectivity index (χ0) is 26.7. The molecule has 2 aromatic heterocycles. The van der Waals surface area contributed by atoms with Crippen LogP contribution < -0.4 is 4.74 Å². The van der Waals surface area contributed by atoms with Crippen molar-refractivity contribution in [2.24, 2.45) is 0 Å². The van der Waals surface area contributed by atoms with Crippen molar-refractivity contribution in [1.29, 1.82) is 0 Å². The van der Waals surface area contributed by atoms with E-state index in [9.17, 15) is 13.5 Å². The SMILES string of the molecule is COCOc1ccc(-c2csc(CN(CC(O)Cn3c4ccccc4c4ccccc43)S(C)(=O)=O)c2)cc1. The van der Waals surface area contributed by atoms with E-state index < -0.39 is 16.1 Å². The zero-order valence-corrected chi connectivity index (χ0v) is 22.9. The minimum atomic E-state index is -3.55. The highest BCUT2D eigenvalue weighted by molar-refractivity contribution is 7.88. The van der Waals surface area contributed by atoms with Crippen molar-refractivity contribution >= 4 is 43.2 Å². The first-order valence-electron chi connectivity index (χ1n) is 12.2. The quantitative estimate of drug-likeness (QED) is 0.225. The van der Waals surface area contributed by atoms with Gasteiger partial charge in [0.15, 0.2) is 6.79 Å². The number of nitrogens with zero attached hydrogens (tertiary/aromatic N) is 2. The lowest BCUT2D eigenvalue weighted by Crippen LogP contribution is -2.37. The predicted molar refractivity (Wildman–Crippen MR) is 153 cm³/mol. The summed E-state index contributed by atoms with van der Waals surface area (Å²) in [6.45, 7) is 0.667. The van der Waals surface area contributed by atoms with Crippen LogP contribution >= 0.6 is 11.3 Å². The van der Waals surface area contributed by atoms with Gasteiger partial charge in [-0.2, -0.15) is 4.31 Å². The van der Waals surface area contributed by atoms with Crippen LogP contribution in [-0.2, 0) is 27.8 Å². The molecule has 198 valence electrons. The third-order valence-electron chi connectivity index (χ3n) is 6.47. The maximum Gasteiger partial charge on any atom is 0.211 e. The lowest BCUT2D eigenvalue weighted by Gasteiger charge is -2.23. The molecule has 0 fully saturated rings. The molecule has 0 radical (unpaired) electrons. The van der Waals surface area contributed by atoms with Crippen LogP contribution in [0.15, 0.2) is 84.2 Å². The Bertz CT molecular complexity index is 1590. The van der Waals surface area contributed by atoms with Gasteiger partial charge < -0.3 is 19.1 Å². The first kappa shape index (κ1) is 26.4. The number of fused-ring (bicyclic) bond motifs is 3. The molecule has 2 heterocycles. The van der Waals surface area contributed by atoms with Crippen LogP contribution in [0.25, 0.3) is 32.9 Å². The number of methoxy groups -OCH3 is 1. The molecule has 0 aliphatic heterocycles. The molecule has 0 saturated carbocycles. The van der Waals surface area contributed by atoms with Gasteiger partial charge in [0, 0.05) is 46.9 Å². The average molecular weight is 551 g/mol. The summed E-state index contributed by atoms with van der Waals surface area (Å²) in [5, 5.41) is 15.3. The highest BCUT2D eigenvalue weighted by atomic mass is 32.2.